The smallest absolute Gasteiger partial charge is 0.315 e. The maximum atomic E-state index is 12.1. The highest BCUT2D eigenvalue weighted by molar-refractivity contribution is 7.91. The molecule has 0 bridgehead atoms. The number of carbonyl (C=O) groups excluding carboxylic acids is 1. The number of rotatable bonds is 5. The van der Waals surface area contributed by atoms with E-state index in [1.165, 1.54) is 0 Å². The second-order valence-electron chi connectivity index (χ2n) is 5.92. The zero-order valence-corrected chi connectivity index (χ0v) is 14.0. The molecule has 1 aliphatic rings. The van der Waals surface area contributed by atoms with Crippen LogP contribution >= 0.6 is 11.3 Å². The normalized spacial score (nSPS) is 22.1. The van der Waals surface area contributed by atoms with Gasteiger partial charge in [-0.3, -0.25) is 0 Å². The lowest BCUT2D eigenvalue weighted by atomic mass is 10.0. The van der Waals surface area contributed by atoms with Crippen molar-refractivity contribution < 1.29 is 13.2 Å². The molecule has 1 aromatic rings. The van der Waals surface area contributed by atoms with E-state index in [0.29, 0.717) is 12.3 Å². The molecule has 0 radical (unpaired) electrons. The molecule has 2 unspecified atom stereocenters. The third-order valence-electron chi connectivity index (χ3n) is 3.47. The molecule has 2 atom stereocenters. The van der Waals surface area contributed by atoms with Gasteiger partial charge in [0, 0.05) is 10.9 Å². The zero-order chi connectivity index (χ0) is 15.5. The van der Waals surface area contributed by atoms with Crippen LogP contribution in [0.2, 0.25) is 0 Å². The lowest BCUT2D eigenvalue weighted by Gasteiger charge is -2.21. The van der Waals surface area contributed by atoms with Crippen LogP contribution in [0.25, 0.3) is 0 Å². The Labute approximate surface area is 130 Å². The molecule has 2 rings (SSSR count). The van der Waals surface area contributed by atoms with Crippen LogP contribution < -0.4 is 10.6 Å². The van der Waals surface area contributed by atoms with E-state index in [1.807, 2.05) is 17.5 Å². The monoisotopic (exact) mass is 330 g/mol. The molecule has 21 heavy (non-hydrogen) atoms. The average Bonchev–Trinajstić information content (AvgIpc) is 2.97. The molecular formula is C14H22N2O3S2. The topological polar surface area (TPSA) is 75.3 Å². The zero-order valence-electron chi connectivity index (χ0n) is 12.3. The maximum absolute atomic E-state index is 12.1. The first-order valence-electron chi connectivity index (χ1n) is 7.16. The summed E-state index contributed by atoms with van der Waals surface area (Å²) in [6.07, 6.45) is 1.36. The summed E-state index contributed by atoms with van der Waals surface area (Å²) in [4.78, 5) is 13.2. The molecule has 2 N–H and O–H groups in total. The van der Waals surface area contributed by atoms with Gasteiger partial charge in [-0.2, -0.15) is 0 Å². The number of hydrogen-bond acceptors (Lipinski definition) is 4. The van der Waals surface area contributed by atoms with E-state index in [4.69, 9.17) is 0 Å². The number of hydrogen-bond donors (Lipinski definition) is 2. The Hall–Kier alpha value is -1.08. The lowest BCUT2D eigenvalue weighted by molar-refractivity contribution is 0.232. The van der Waals surface area contributed by atoms with E-state index in [-0.39, 0.29) is 29.6 Å². The minimum Gasteiger partial charge on any atom is -0.334 e. The summed E-state index contributed by atoms with van der Waals surface area (Å²) in [5, 5.41) is 7.74. The van der Waals surface area contributed by atoms with Gasteiger partial charge in [0.1, 0.15) is 0 Å². The van der Waals surface area contributed by atoms with E-state index in [0.717, 1.165) is 11.3 Å². The molecule has 1 aromatic heterocycles. The SMILES string of the molecule is CC(C)CC(NC(=O)NC1CCS(=O)(=O)C1)c1cccs1. The van der Waals surface area contributed by atoms with E-state index in [9.17, 15) is 13.2 Å². The van der Waals surface area contributed by atoms with Gasteiger partial charge in [0.15, 0.2) is 9.84 Å². The van der Waals surface area contributed by atoms with Crippen molar-refractivity contribution in [1.82, 2.24) is 10.6 Å². The van der Waals surface area contributed by atoms with Crippen molar-refractivity contribution in [2.45, 2.75) is 38.8 Å². The van der Waals surface area contributed by atoms with Crippen LogP contribution in [0.5, 0.6) is 0 Å². The van der Waals surface area contributed by atoms with Crippen molar-refractivity contribution in [2.24, 2.45) is 5.92 Å². The van der Waals surface area contributed by atoms with Crippen LogP contribution in [0.3, 0.4) is 0 Å². The van der Waals surface area contributed by atoms with Crippen LogP contribution in [-0.2, 0) is 9.84 Å². The molecule has 0 saturated carbocycles. The van der Waals surface area contributed by atoms with E-state index < -0.39 is 9.84 Å². The molecule has 118 valence electrons. The molecule has 1 saturated heterocycles. The van der Waals surface area contributed by atoms with Gasteiger partial charge in [0.2, 0.25) is 0 Å². The molecular weight excluding hydrogens is 308 g/mol. The quantitative estimate of drug-likeness (QED) is 0.870. The van der Waals surface area contributed by atoms with Gasteiger partial charge in [0.25, 0.3) is 0 Å². The van der Waals surface area contributed by atoms with Gasteiger partial charge in [-0.1, -0.05) is 19.9 Å². The standard InChI is InChI=1S/C14H22N2O3S2/c1-10(2)8-12(13-4-3-6-20-13)16-14(17)15-11-5-7-21(18,19)9-11/h3-4,6,10-12H,5,7-9H2,1-2H3,(H2,15,16,17). The van der Waals surface area contributed by atoms with Crippen molar-refractivity contribution in [2.75, 3.05) is 11.5 Å². The summed E-state index contributed by atoms with van der Waals surface area (Å²) in [6.45, 7) is 4.23. The Morgan fingerprint density at radius 1 is 1.48 bits per heavy atom. The number of amides is 2. The third-order valence-corrected chi connectivity index (χ3v) is 6.22. The Morgan fingerprint density at radius 3 is 2.76 bits per heavy atom. The first-order chi connectivity index (χ1) is 9.85. The summed E-state index contributed by atoms with van der Waals surface area (Å²) in [5.74, 6) is 0.677. The van der Waals surface area contributed by atoms with Crippen molar-refractivity contribution in [3.63, 3.8) is 0 Å². The largest absolute Gasteiger partial charge is 0.334 e. The summed E-state index contributed by atoms with van der Waals surface area (Å²) in [5.41, 5.74) is 0. The molecule has 2 heterocycles. The average molecular weight is 330 g/mol. The van der Waals surface area contributed by atoms with Gasteiger partial charge >= 0.3 is 6.03 Å². The Morgan fingerprint density at radius 2 is 2.24 bits per heavy atom. The van der Waals surface area contributed by atoms with Crippen molar-refractivity contribution in [1.29, 1.82) is 0 Å². The fraction of sp³-hybridized carbons (Fsp3) is 0.643. The van der Waals surface area contributed by atoms with E-state index in [2.05, 4.69) is 24.5 Å². The highest BCUT2D eigenvalue weighted by atomic mass is 32.2. The van der Waals surface area contributed by atoms with Gasteiger partial charge < -0.3 is 10.6 Å². The number of thiophene rings is 1. The van der Waals surface area contributed by atoms with Crippen LogP contribution in [0.15, 0.2) is 17.5 Å². The fourth-order valence-corrected chi connectivity index (χ4v) is 4.97. The molecule has 1 aliphatic heterocycles. The summed E-state index contributed by atoms with van der Waals surface area (Å²) in [6, 6.07) is 3.41. The second-order valence-corrected chi connectivity index (χ2v) is 9.12. The molecule has 1 fully saturated rings. The molecule has 2 amide bonds. The number of carbonyl (C=O) groups is 1. The molecule has 5 nitrogen and oxygen atoms in total. The van der Waals surface area contributed by atoms with Crippen LogP contribution in [-0.4, -0.2) is 32.0 Å². The van der Waals surface area contributed by atoms with Gasteiger partial charge in [-0.25, -0.2) is 13.2 Å². The third kappa shape index (κ3) is 5.00. The minimum absolute atomic E-state index is 0.0250. The Bertz CT molecular complexity index is 567. The van der Waals surface area contributed by atoms with Crippen molar-refractivity contribution in [3.05, 3.63) is 22.4 Å². The predicted octanol–water partition coefficient (Wildman–Crippen LogP) is 2.32. The van der Waals surface area contributed by atoms with Gasteiger partial charge in [-0.15, -0.1) is 11.3 Å². The highest BCUT2D eigenvalue weighted by Gasteiger charge is 2.29. The molecule has 0 aromatic carbocycles. The van der Waals surface area contributed by atoms with Crippen molar-refractivity contribution >= 4 is 27.2 Å². The summed E-state index contributed by atoms with van der Waals surface area (Å²) < 4.78 is 22.8. The first-order valence-corrected chi connectivity index (χ1v) is 9.86. The molecule has 0 spiro atoms. The number of urea groups is 1. The Balaban J connectivity index is 1.92. The molecule has 0 aliphatic carbocycles. The number of sulfone groups is 1. The summed E-state index contributed by atoms with van der Waals surface area (Å²) in [7, 11) is -2.97. The minimum atomic E-state index is -2.97. The van der Waals surface area contributed by atoms with Crippen LogP contribution in [0.4, 0.5) is 4.79 Å². The Kier molecular flexibility index (Phi) is 5.27. The summed E-state index contributed by atoms with van der Waals surface area (Å²) >= 11 is 1.62. The van der Waals surface area contributed by atoms with Gasteiger partial charge in [0.05, 0.1) is 17.5 Å². The van der Waals surface area contributed by atoms with Crippen molar-refractivity contribution in [3.8, 4) is 0 Å². The van der Waals surface area contributed by atoms with Crippen LogP contribution in [0.1, 0.15) is 37.6 Å². The predicted molar refractivity (Wildman–Crippen MR) is 85.2 cm³/mol. The highest BCUT2D eigenvalue weighted by Crippen LogP contribution is 2.25. The molecule has 7 heteroatoms. The second kappa shape index (κ2) is 6.79. The van der Waals surface area contributed by atoms with E-state index >= 15 is 0 Å². The van der Waals surface area contributed by atoms with E-state index in [1.54, 1.807) is 11.3 Å². The lowest BCUT2D eigenvalue weighted by Crippen LogP contribution is -2.44. The fourth-order valence-electron chi connectivity index (χ4n) is 2.50. The van der Waals surface area contributed by atoms with Crippen LogP contribution in [0, 0.1) is 5.92 Å². The first kappa shape index (κ1) is 16.3. The number of nitrogens with one attached hydrogen (secondary N) is 2. The maximum Gasteiger partial charge on any atom is 0.315 e. The van der Waals surface area contributed by atoms with Gasteiger partial charge in [-0.05, 0) is 30.2 Å².